The van der Waals surface area contributed by atoms with Gasteiger partial charge in [-0.25, -0.2) is 0 Å². The number of halogens is 1. The fraction of sp³-hybridized carbons (Fsp3) is 0.308. The molecule has 0 bridgehead atoms. The van der Waals surface area contributed by atoms with E-state index in [1.54, 1.807) is 30.3 Å². The third-order valence-electron chi connectivity index (χ3n) is 2.34. The van der Waals surface area contributed by atoms with Crippen LogP contribution in [0.25, 0.3) is 0 Å². The summed E-state index contributed by atoms with van der Waals surface area (Å²) in [5.41, 5.74) is 0.495. The van der Waals surface area contributed by atoms with Crippen molar-refractivity contribution < 1.29 is 14.4 Å². The van der Waals surface area contributed by atoms with Gasteiger partial charge in [-0.2, -0.15) is 0 Å². The van der Waals surface area contributed by atoms with Crippen molar-refractivity contribution in [2.75, 3.05) is 25.5 Å². The molecule has 20 heavy (non-hydrogen) atoms. The molecule has 0 aromatic heterocycles. The number of hydrogen-bond donors (Lipinski definition) is 3. The molecule has 0 aliphatic heterocycles. The highest BCUT2D eigenvalue weighted by molar-refractivity contribution is 6.27. The van der Waals surface area contributed by atoms with E-state index in [1.165, 1.54) is 0 Å². The smallest absolute Gasteiger partial charge is 0.251 e. The number of carbonyl (C=O) groups excluding carboxylic acids is 3. The Balaban J connectivity index is 2.17. The van der Waals surface area contributed by atoms with Crippen LogP contribution in [0.2, 0.25) is 0 Å². The first kappa shape index (κ1) is 16.0. The van der Waals surface area contributed by atoms with Crippen molar-refractivity contribution >= 4 is 29.3 Å². The predicted octanol–water partition coefficient (Wildman–Crippen LogP) is -0.112. The van der Waals surface area contributed by atoms with E-state index in [0.717, 1.165) is 0 Å². The lowest BCUT2D eigenvalue weighted by atomic mass is 10.2. The highest BCUT2D eigenvalue weighted by Gasteiger charge is 2.06. The molecule has 0 aliphatic rings. The van der Waals surface area contributed by atoms with Gasteiger partial charge in [0.05, 0.1) is 6.54 Å². The van der Waals surface area contributed by atoms with Crippen LogP contribution >= 0.6 is 11.6 Å². The van der Waals surface area contributed by atoms with E-state index in [0.29, 0.717) is 12.1 Å². The molecular formula is C13H16ClN3O3. The predicted molar refractivity (Wildman–Crippen MR) is 75.5 cm³/mol. The minimum absolute atomic E-state index is 0.110. The number of benzene rings is 1. The van der Waals surface area contributed by atoms with E-state index < -0.39 is 0 Å². The Hall–Kier alpha value is -2.08. The lowest BCUT2D eigenvalue weighted by Gasteiger charge is -2.07. The second kappa shape index (κ2) is 8.92. The van der Waals surface area contributed by atoms with Gasteiger partial charge >= 0.3 is 0 Å². The molecule has 0 atom stereocenters. The summed E-state index contributed by atoms with van der Waals surface area (Å²) >= 11 is 5.29. The van der Waals surface area contributed by atoms with Crippen molar-refractivity contribution in [3.05, 3.63) is 35.9 Å². The van der Waals surface area contributed by atoms with E-state index in [9.17, 15) is 14.4 Å². The fourth-order valence-electron chi connectivity index (χ4n) is 1.37. The number of hydrogen-bond acceptors (Lipinski definition) is 3. The van der Waals surface area contributed by atoms with Crippen molar-refractivity contribution in [1.82, 2.24) is 16.0 Å². The Kier molecular flexibility index (Phi) is 7.13. The monoisotopic (exact) mass is 297 g/mol. The average molecular weight is 298 g/mol. The highest BCUT2D eigenvalue weighted by Crippen LogP contribution is 1.96. The van der Waals surface area contributed by atoms with Gasteiger partial charge in [0.25, 0.3) is 5.91 Å². The van der Waals surface area contributed by atoms with Gasteiger partial charge < -0.3 is 16.0 Å². The lowest BCUT2D eigenvalue weighted by Crippen LogP contribution is -2.40. The number of nitrogens with one attached hydrogen (secondary N) is 3. The third kappa shape index (κ3) is 6.19. The normalized spacial score (nSPS) is 9.65. The molecule has 7 heteroatoms. The summed E-state index contributed by atoms with van der Waals surface area (Å²) in [6, 6.07) is 8.62. The minimum atomic E-state index is -0.325. The number of carbonyl (C=O) groups is 3. The van der Waals surface area contributed by atoms with Gasteiger partial charge in [-0.05, 0) is 12.1 Å². The summed E-state index contributed by atoms with van der Waals surface area (Å²) < 4.78 is 0. The fourth-order valence-corrected chi connectivity index (χ4v) is 1.46. The highest BCUT2D eigenvalue weighted by atomic mass is 35.5. The standard InChI is InChI=1S/C13H16ClN3O3/c14-8-11(18)15-6-7-16-12(19)9-17-13(20)10-4-2-1-3-5-10/h1-5H,6-9H2,(H,15,18)(H,16,19)(H,17,20). The van der Waals surface area contributed by atoms with Gasteiger partial charge in [-0.3, -0.25) is 14.4 Å². The Labute approximate surface area is 121 Å². The molecule has 0 spiro atoms. The number of rotatable bonds is 7. The van der Waals surface area contributed by atoms with Crippen molar-refractivity contribution in [2.24, 2.45) is 0 Å². The molecule has 108 valence electrons. The van der Waals surface area contributed by atoms with Crippen LogP contribution in [0.15, 0.2) is 30.3 Å². The lowest BCUT2D eigenvalue weighted by molar-refractivity contribution is -0.121. The molecule has 1 aromatic rings. The first-order valence-corrected chi connectivity index (χ1v) is 6.59. The van der Waals surface area contributed by atoms with Gasteiger partial charge in [-0.1, -0.05) is 18.2 Å². The molecule has 6 nitrogen and oxygen atoms in total. The van der Waals surface area contributed by atoms with Gasteiger partial charge in [0, 0.05) is 18.7 Å². The van der Waals surface area contributed by atoms with E-state index in [2.05, 4.69) is 16.0 Å². The Morgan fingerprint density at radius 1 is 0.900 bits per heavy atom. The number of alkyl halides is 1. The van der Waals surface area contributed by atoms with Crippen LogP contribution in [0.4, 0.5) is 0 Å². The summed E-state index contributed by atoms with van der Waals surface area (Å²) in [5.74, 6) is -1.04. The van der Waals surface area contributed by atoms with Crippen LogP contribution in [0.5, 0.6) is 0 Å². The Morgan fingerprint density at radius 2 is 1.50 bits per heavy atom. The van der Waals surface area contributed by atoms with E-state index in [-0.39, 0.29) is 36.7 Å². The second-order valence-electron chi connectivity index (χ2n) is 3.88. The molecule has 3 amide bonds. The zero-order chi connectivity index (χ0) is 14.8. The van der Waals surface area contributed by atoms with Crippen LogP contribution in [0.1, 0.15) is 10.4 Å². The van der Waals surface area contributed by atoms with E-state index >= 15 is 0 Å². The van der Waals surface area contributed by atoms with Crippen LogP contribution in [-0.2, 0) is 9.59 Å². The molecule has 3 N–H and O–H groups in total. The summed E-state index contributed by atoms with van der Waals surface area (Å²) in [4.78, 5) is 33.9. The quantitative estimate of drug-likeness (QED) is 0.485. The zero-order valence-corrected chi connectivity index (χ0v) is 11.6. The summed E-state index contributed by atoms with van der Waals surface area (Å²) in [6.07, 6.45) is 0. The third-order valence-corrected chi connectivity index (χ3v) is 2.58. The molecule has 0 radical (unpaired) electrons. The Bertz CT molecular complexity index is 465. The van der Waals surface area contributed by atoms with Crippen molar-refractivity contribution in [1.29, 1.82) is 0 Å². The van der Waals surface area contributed by atoms with E-state index in [1.807, 2.05) is 0 Å². The first-order valence-electron chi connectivity index (χ1n) is 6.06. The second-order valence-corrected chi connectivity index (χ2v) is 4.15. The maximum absolute atomic E-state index is 11.6. The van der Waals surface area contributed by atoms with Gasteiger partial charge in [0.1, 0.15) is 5.88 Å². The van der Waals surface area contributed by atoms with Crippen molar-refractivity contribution in [3.8, 4) is 0 Å². The first-order chi connectivity index (χ1) is 9.63. The molecule has 0 aliphatic carbocycles. The minimum Gasteiger partial charge on any atom is -0.353 e. The maximum atomic E-state index is 11.6. The molecule has 1 rings (SSSR count). The number of amides is 3. The van der Waals surface area contributed by atoms with Gasteiger partial charge in [0.15, 0.2) is 0 Å². The maximum Gasteiger partial charge on any atom is 0.251 e. The van der Waals surface area contributed by atoms with Crippen molar-refractivity contribution in [3.63, 3.8) is 0 Å². The Morgan fingerprint density at radius 3 is 2.10 bits per heavy atom. The largest absolute Gasteiger partial charge is 0.353 e. The molecule has 0 fully saturated rings. The average Bonchev–Trinajstić information content (AvgIpc) is 2.49. The summed E-state index contributed by atoms with van der Waals surface area (Å²) in [5, 5.41) is 7.56. The molecule has 1 aromatic carbocycles. The molecular weight excluding hydrogens is 282 g/mol. The topological polar surface area (TPSA) is 87.3 Å². The molecule has 0 saturated heterocycles. The van der Waals surface area contributed by atoms with Crippen LogP contribution in [0.3, 0.4) is 0 Å². The van der Waals surface area contributed by atoms with Crippen LogP contribution in [-0.4, -0.2) is 43.2 Å². The van der Waals surface area contributed by atoms with Crippen LogP contribution < -0.4 is 16.0 Å². The molecule has 0 saturated carbocycles. The molecule has 0 heterocycles. The molecule has 0 unspecified atom stereocenters. The van der Waals surface area contributed by atoms with Gasteiger partial charge in [0.2, 0.25) is 11.8 Å². The SMILES string of the molecule is O=C(CCl)NCCNC(=O)CNC(=O)c1ccccc1. The summed E-state index contributed by atoms with van der Waals surface area (Å²) in [7, 11) is 0. The summed E-state index contributed by atoms with van der Waals surface area (Å²) in [6.45, 7) is 0.462. The van der Waals surface area contributed by atoms with Crippen molar-refractivity contribution in [2.45, 2.75) is 0 Å². The van der Waals surface area contributed by atoms with Crippen LogP contribution in [0, 0.1) is 0 Å². The zero-order valence-electron chi connectivity index (χ0n) is 10.8. The van der Waals surface area contributed by atoms with E-state index in [4.69, 9.17) is 11.6 Å². The van der Waals surface area contributed by atoms with Gasteiger partial charge in [-0.15, -0.1) is 11.6 Å².